The van der Waals surface area contributed by atoms with Crippen LogP contribution in [0.25, 0.3) is 11.5 Å². The minimum atomic E-state index is 0. The second-order valence-electron chi connectivity index (χ2n) is 5.03. The Hall–Kier alpha value is -1.46. The van der Waals surface area contributed by atoms with Gasteiger partial charge in [-0.2, -0.15) is 4.98 Å². The monoisotopic (exact) mass is 294 g/mol. The van der Waals surface area contributed by atoms with Crippen LogP contribution in [0.15, 0.2) is 22.9 Å². The Morgan fingerprint density at radius 2 is 2.05 bits per heavy atom. The smallest absolute Gasteiger partial charge is 0.258 e. The first kappa shape index (κ1) is 14.9. The van der Waals surface area contributed by atoms with Crippen molar-refractivity contribution in [1.29, 1.82) is 0 Å². The maximum atomic E-state index is 5.59. The minimum absolute atomic E-state index is 0. The molecule has 0 spiro atoms. The zero-order valence-electron chi connectivity index (χ0n) is 11.3. The molecule has 0 aliphatic heterocycles. The van der Waals surface area contributed by atoms with Crippen molar-refractivity contribution in [1.82, 2.24) is 15.1 Å². The molecule has 2 heterocycles. The van der Waals surface area contributed by atoms with Gasteiger partial charge in [0.05, 0.1) is 5.69 Å². The molecule has 1 aliphatic carbocycles. The Labute approximate surface area is 124 Å². The standard InChI is InChI=1S/C14H18N4O.ClH/c15-9-12-8-11(6-7-16-12)14-17-13(18-19-14)10-4-2-1-3-5-10;/h6-8,10H,1-5,9,15H2;1H. The highest BCUT2D eigenvalue weighted by Gasteiger charge is 2.21. The van der Waals surface area contributed by atoms with E-state index in [9.17, 15) is 0 Å². The fourth-order valence-electron chi connectivity index (χ4n) is 2.60. The van der Waals surface area contributed by atoms with Crippen molar-refractivity contribution in [3.05, 3.63) is 29.8 Å². The van der Waals surface area contributed by atoms with Gasteiger partial charge in [-0.15, -0.1) is 12.4 Å². The van der Waals surface area contributed by atoms with Crippen LogP contribution < -0.4 is 5.73 Å². The van der Waals surface area contributed by atoms with E-state index >= 15 is 0 Å². The minimum Gasteiger partial charge on any atom is -0.334 e. The first-order chi connectivity index (χ1) is 9.36. The Bertz CT molecular complexity index is 552. The van der Waals surface area contributed by atoms with E-state index in [2.05, 4.69) is 15.1 Å². The summed E-state index contributed by atoms with van der Waals surface area (Å²) in [5.74, 6) is 1.88. The summed E-state index contributed by atoms with van der Waals surface area (Å²) in [6.45, 7) is 0.414. The number of hydrogen-bond acceptors (Lipinski definition) is 5. The Balaban J connectivity index is 0.00000147. The molecular weight excluding hydrogens is 276 g/mol. The van der Waals surface area contributed by atoms with Gasteiger partial charge in [0.1, 0.15) is 0 Å². The fourth-order valence-corrected chi connectivity index (χ4v) is 2.60. The molecule has 2 aromatic rings. The average molecular weight is 295 g/mol. The van der Waals surface area contributed by atoms with Gasteiger partial charge in [-0.25, -0.2) is 0 Å². The molecule has 3 rings (SSSR count). The molecule has 0 bridgehead atoms. The first-order valence-electron chi connectivity index (χ1n) is 6.86. The SMILES string of the molecule is Cl.NCc1cc(-c2nc(C3CCCCC3)no2)ccn1. The van der Waals surface area contributed by atoms with Crippen LogP contribution in [0.1, 0.15) is 49.5 Å². The van der Waals surface area contributed by atoms with E-state index in [0.717, 1.165) is 17.1 Å². The fraction of sp³-hybridized carbons (Fsp3) is 0.500. The molecule has 6 heteroatoms. The second-order valence-corrected chi connectivity index (χ2v) is 5.03. The zero-order chi connectivity index (χ0) is 13.1. The number of rotatable bonds is 3. The van der Waals surface area contributed by atoms with Crippen molar-refractivity contribution >= 4 is 12.4 Å². The van der Waals surface area contributed by atoms with Crippen LogP contribution in [0.3, 0.4) is 0 Å². The van der Waals surface area contributed by atoms with Crippen LogP contribution in [0.5, 0.6) is 0 Å². The third-order valence-electron chi connectivity index (χ3n) is 3.68. The lowest BCUT2D eigenvalue weighted by Crippen LogP contribution is -2.06. The molecule has 0 amide bonds. The third kappa shape index (κ3) is 3.16. The van der Waals surface area contributed by atoms with Gasteiger partial charge in [0.15, 0.2) is 5.82 Å². The lowest BCUT2D eigenvalue weighted by atomic mass is 9.89. The van der Waals surface area contributed by atoms with E-state index in [1.165, 1.54) is 32.1 Å². The predicted octanol–water partition coefficient (Wildman–Crippen LogP) is 3.06. The highest BCUT2D eigenvalue weighted by Crippen LogP contribution is 2.31. The van der Waals surface area contributed by atoms with Gasteiger partial charge >= 0.3 is 0 Å². The highest BCUT2D eigenvalue weighted by molar-refractivity contribution is 5.85. The second kappa shape index (κ2) is 6.81. The molecule has 2 N–H and O–H groups in total. The van der Waals surface area contributed by atoms with E-state index in [0.29, 0.717) is 18.4 Å². The lowest BCUT2D eigenvalue weighted by molar-refractivity contribution is 0.385. The number of aromatic nitrogens is 3. The number of nitrogens with two attached hydrogens (primary N) is 1. The molecule has 108 valence electrons. The summed E-state index contributed by atoms with van der Waals surface area (Å²) in [4.78, 5) is 8.70. The predicted molar refractivity (Wildman–Crippen MR) is 78.5 cm³/mol. The van der Waals surface area contributed by atoms with Gasteiger partial charge in [0.2, 0.25) is 0 Å². The quantitative estimate of drug-likeness (QED) is 0.941. The van der Waals surface area contributed by atoms with Gasteiger partial charge in [0, 0.05) is 24.2 Å². The molecule has 2 aromatic heterocycles. The summed E-state index contributed by atoms with van der Waals surface area (Å²) in [5.41, 5.74) is 7.31. The van der Waals surface area contributed by atoms with Gasteiger partial charge in [0.25, 0.3) is 5.89 Å². The maximum absolute atomic E-state index is 5.59. The molecule has 0 aromatic carbocycles. The highest BCUT2D eigenvalue weighted by atomic mass is 35.5. The zero-order valence-corrected chi connectivity index (χ0v) is 12.1. The number of nitrogens with zero attached hydrogens (tertiary/aromatic N) is 3. The lowest BCUT2D eigenvalue weighted by Gasteiger charge is -2.17. The van der Waals surface area contributed by atoms with E-state index in [4.69, 9.17) is 10.3 Å². The van der Waals surface area contributed by atoms with Gasteiger partial charge in [-0.3, -0.25) is 4.98 Å². The normalized spacial score (nSPS) is 15.8. The van der Waals surface area contributed by atoms with Crippen molar-refractivity contribution in [3.8, 4) is 11.5 Å². The first-order valence-corrected chi connectivity index (χ1v) is 6.86. The van der Waals surface area contributed by atoms with Gasteiger partial charge in [-0.05, 0) is 25.0 Å². The Kier molecular flexibility index (Phi) is 5.09. The molecule has 20 heavy (non-hydrogen) atoms. The topological polar surface area (TPSA) is 77.8 Å². The summed E-state index contributed by atoms with van der Waals surface area (Å²) in [7, 11) is 0. The summed E-state index contributed by atoms with van der Waals surface area (Å²) < 4.78 is 5.37. The van der Waals surface area contributed by atoms with Crippen LogP contribution >= 0.6 is 12.4 Å². The van der Waals surface area contributed by atoms with E-state index in [-0.39, 0.29) is 12.4 Å². The third-order valence-corrected chi connectivity index (χ3v) is 3.68. The summed E-state index contributed by atoms with van der Waals surface area (Å²) in [6, 6.07) is 3.77. The Morgan fingerprint density at radius 1 is 1.25 bits per heavy atom. The molecule has 1 fully saturated rings. The molecule has 1 aliphatic rings. The maximum Gasteiger partial charge on any atom is 0.258 e. The number of pyridine rings is 1. The van der Waals surface area contributed by atoms with Crippen LogP contribution in [0, 0.1) is 0 Å². The van der Waals surface area contributed by atoms with Crippen molar-refractivity contribution in [2.24, 2.45) is 5.73 Å². The molecular formula is C14H19ClN4O. The largest absolute Gasteiger partial charge is 0.334 e. The summed E-state index contributed by atoms with van der Waals surface area (Å²) >= 11 is 0. The van der Waals surface area contributed by atoms with Crippen molar-refractivity contribution in [2.45, 2.75) is 44.6 Å². The number of hydrogen-bond donors (Lipinski definition) is 1. The Morgan fingerprint density at radius 3 is 2.80 bits per heavy atom. The summed E-state index contributed by atoms with van der Waals surface area (Å²) in [6.07, 6.45) is 7.92. The van der Waals surface area contributed by atoms with E-state index < -0.39 is 0 Å². The van der Waals surface area contributed by atoms with Crippen molar-refractivity contribution in [3.63, 3.8) is 0 Å². The molecule has 0 saturated heterocycles. The van der Waals surface area contributed by atoms with Crippen molar-refractivity contribution in [2.75, 3.05) is 0 Å². The van der Waals surface area contributed by atoms with Gasteiger partial charge in [-0.1, -0.05) is 24.4 Å². The van der Waals surface area contributed by atoms with Crippen LogP contribution in [-0.4, -0.2) is 15.1 Å². The van der Waals surface area contributed by atoms with Gasteiger partial charge < -0.3 is 10.3 Å². The van der Waals surface area contributed by atoms with Crippen LogP contribution in [-0.2, 0) is 6.54 Å². The number of halogens is 1. The van der Waals surface area contributed by atoms with E-state index in [1.54, 1.807) is 6.20 Å². The van der Waals surface area contributed by atoms with Crippen LogP contribution in [0.4, 0.5) is 0 Å². The van der Waals surface area contributed by atoms with Crippen LogP contribution in [0.2, 0.25) is 0 Å². The van der Waals surface area contributed by atoms with Crippen molar-refractivity contribution < 1.29 is 4.52 Å². The molecule has 0 unspecified atom stereocenters. The van der Waals surface area contributed by atoms with E-state index in [1.807, 2.05) is 12.1 Å². The average Bonchev–Trinajstić information content (AvgIpc) is 2.98. The molecule has 5 nitrogen and oxygen atoms in total. The molecule has 0 radical (unpaired) electrons. The molecule has 0 atom stereocenters. The molecule has 1 saturated carbocycles. The summed E-state index contributed by atoms with van der Waals surface area (Å²) in [5, 5.41) is 4.13.